The van der Waals surface area contributed by atoms with Crippen LogP contribution in [0.25, 0.3) is 212 Å². The Balaban J connectivity index is 0.0000000957. The number of benzene rings is 15. The normalized spacial score (nSPS) is 11.5. The van der Waals surface area contributed by atoms with E-state index in [0.717, 1.165) is 51.1 Å². The molecular weight excluding hydrogens is 1760 g/mol. The van der Waals surface area contributed by atoms with E-state index in [9.17, 15) is 0 Å². The summed E-state index contributed by atoms with van der Waals surface area (Å²) in [5.41, 5.74) is 27.2. The van der Waals surface area contributed by atoms with Crippen molar-refractivity contribution in [2.45, 2.75) is 0 Å². The number of hydrogen-bond donors (Lipinski definition) is 0. The third-order valence-electron chi connectivity index (χ3n) is 25.9. The average molecular weight is 1840 g/mol. The van der Waals surface area contributed by atoms with Crippen LogP contribution < -0.4 is 4.90 Å². The molecule has 0 radical (unpaired) electrons. The van der Waals surface area contributed by atoms with Crippen molar-refractivity contribution in [1.82, 2.24) is 47.8 Å². The molecule has 0 N–H and O–H groups in total. The third-order valence-corrected chi connectivity index (χ3v) is 29.7. The molecule has 15 heteroatoms. The Morgan fingerprint density at radius 1 is 0.196 bits per heavy atom. The smallest absolute Gasteiger partial charge is 0.0915 e. The van der Waals surface area contributed by atoms with E-state index in [4.69, 9.17) is 4.98 Å². The van der Waals surface area contributed by atoms with Crippen LogP contribution in [0.2, 0.25) is 0 Å². The summed E-state index contributed by atoms with van der Waals surface area (Å²) in [7, 11) is 0. The molecule has 0 fully saturated rings. The summed E-state index contributed by atoms with van der Waals surface area (Å²) in [5, 5.41) is 26.7. The lowest BCUT2D eigenvalue weighted by molar-refractivity contribution is 1.15. The lowest BCUT2D eigenvalue weighted by Gasteiger charge is -2.25. The minimum Gasteiger partial charge on any atom is -0.311 e. The van der Waals surface area contributed by atoms with Crippen LogP contribution in [0.4, 0.5) is 17.1 Å². The summed E-state index contributed by atoms with van der Waals surface area (Å²) >= 11 is 7.23. The summed E-state index contributed by atoms with van der Waals surface area (Å²) in [6.45, 7) is 0. The van der Waals surface area contributed by atoms with E-state index in [-0.39, 0.29) is 0 Å². The molecular formula is C123H81N11S4. The fourth-order valence-corrected chi connectivity index (χ4v) is 23.6. The van der Waals surface area contributed by atoms with Crippen LogP contribution in [-0.4, -0.2) is 47.8 Å². The first-order valence-corrected chi connectivity index (χ1v) is 49.4. The van der Waals surface area contributed by atoms with Gasteiger partial charge < -0.3 is 27.7 Å². The zero-order valence-electron chi connectivity index (χ0n) is 74.3. The maximum atomic E-state index is 4.96. The van der Waals surface area contributed by atoms with Crippen molar-refractivity contribution in [2.24, 2.45) is 0 Å². The number of fused-ring (bicyclic) bond motifs is 23. The topological polar surface area (TPSA) is 92.3 Å². The van der Waals surface area contributed by atoms with Crippen LogP contribution in [0.15, 0.2) is 489 Å². The second kappa shape index (κ2) is 35.9. The van der Waals surface area contributed by atoms with Gasteiger partial charge in [-0.25, -0.2) is 4.98 Å². The number of aromatic nitrogens is 10. The number of hydrogen-bond acceptors (Lipinski definition) is 10. The summed E-state index contributed by atoms with van der Waals surface area (Å²) in [6.07, 6.45) is 10.8. The van der Waals surface area contributed by atoms with Gasteiger partial charge in [-0.15, -0.1) is 45.3 Å². The average Bonchev–Trinajstić information content (AvgIpc) is 1.57. The number of pyridine rings is 5. The number of rotatable bonds is 11. The fraction of sp³-hybridized carbons (Fsp3) is 0. The highest BCUT2D eigenvalue weighted by molar-refractivity contribution is 7.19. The van der Waals surface area contributed by atoms with Gasteiger partial charge in [0, 0.05) is 136 Å². The largest absolute Gasteiger partial charge is 0.311 e. The summed E-state index contributed by atoms with van der Waals surface area (Å²) in [5.74, 6) is 0. The molecule has 15 aromatic carbocycles. The van der Waals surface area contributed by atoms with Gasteiger partial charge in [0.05, 0.1) is 102 Å². The Morgan fingerprint density at radius 3 is 0.957 bits per heavy atom. The van der Waals surface area contributed by atoms with Gasteiger partial charge in [0.2, 0.25) is 0 Å². The molecule has 652 valence electrons. The quantitative estimate of drug-likeness (QED) is 0.128. The van der Waals surface area contributed by atoms with Crippen LogP contribution in [0.1, 0.15) is 0 Å². The lowest BCUT2D eigenvalue weighted by Crippen LogP contribution is -2.09. The summed E-state index contributed by atoms with van der Waals surface area (Å²) in [6, 6.07) is 153. The molecule has 0 unspecified atom stereocenters. The van der Waals surface area contributed by atoms with Crippen molar-refractivity contribution >= 4 is 212 Å². The maximum absolute atomic E-state index is 4.96. The van der Waals surface area contributed by atoms with E-state index in [2.05, 4.69) is 439 Å². The first-order chi connectivity index (χ1) is 68.5. The van der Waals surface area contributed by atoms with Gasteiger partial charge in [-0.1, -0.05) is 231 Å². The van der Waals surface area contributed by atoms with Crippen molar-refractivity contribution < 1.29 is 0 Å². The number of nitrogens with zero attached hydrogens (tertiary/aromatic N) is 11. The lowest BCUT2D eigenvalue weighted by atomic mass is 10.1. The van der Waals surface area contributed by atoms with Crippen molar-refractivity contribution in [3.8, 4) is 62.3 Å². The Morgan fingerprint density at radius 2 is 0.536 bits per heavy atom. The molecule has 14 heterocycles. The SMILES string of the molecule is c1ccc(-c2cc(-n3c4ccccc4c4ccc5ccsc5c43)cc(-c3ccccn3)n2)nc1.c1ccc(-n2c3ccccc3c3cc(-n4c5ccccc5c5ccc6ccsc6c54)ccc32)cc1.c1ccc(N(c2ccccc2)c2ccc(-n3c4ccccc4c4ccc5ccsc5c43)cc2)cc1.c1ccncc1.c1cncc(-c2cccc(-n3c4ccccc4c4ccc5ccsc5c43)c2)c1. The molecule has 14 aromatic heterocycles. The predicted molar refractivity (Wildman–Crippen MR) is 585 cm³/mol. The van der Waals surface area contributed by atoms with Crippen LogP contribution in [-0.2, 0) is 0 Å². The maximum Gasteiger partial charge on any atom is 0.0915 e. The van der Waals surface area contributed by atoms with Gasteiger partial charge in [0.15, 0.2) is 0 Å². The highest BCUT2D eigenvalue weighted by Crippen LogP contribution is 2.47. The van der Waals surface area contributed by atoms with Crippen LogP contribution in [0.5, 0.6) is 0 Å². The standard InChI is InChI=1S/C32H20N2S.C32H22N2S.C29H18N4S.C25H16N2S.C5H5N/c1-2-8-22(9-3-1)33-28-12-6-5-11-25(28)27-20-23(15-17-30(27)33)34-29-13-7-4-10-24(29)26-16-14-21-18-19-35-32(21)31(26)34;1-3-9-24(10-4-1)33(25-11-5-2-6-12-25)26-16-18-27(19-17-26)34-30-14-8-7-13-28(30)29-20-15-23-21-22-35-32(23)31(29)34;1-2-10-27-21(7-1)22-12-11-19-13-16-34-29(19)28(22)33(27)20-17-25(23-8-3-5-14-30-23)32-26(18-20)24-9-4-6-15-31-24;1-2-9-23-21(8-1)22-11-10-17-12-14-28-25(17)24(22)27(23)20-7-3-5-18(15-20)19-6-4-13-26-16-19;1-2-4-6-5-3-1/h1-20H;1-22H;1-18H;1-16H;1-5H. The van der Waals surface area contributed by atoms with Crippen LogP contribution in [0.3, 0.4) is 0 Å². The van der Waals surface area contributed by atoms with E-state index >= 15 is 0 Å². The molecule has 0 aliphatic heterocycles. The third kappa shape index (κ3) is 14.9. The number of anilines is 3. The Labute approximate surface area is 809 Å². The van der Waals surface area contributed by atoms with Gasteiger partial charge in [-0.2, -0.15) is 0 Å². The summed E-state index contributed by atoms with van der Waals surface area (Å²) < 4.78 is 17.3. The minimum absolute atomic E-state index is 0.822. The second-order valence-electron chi connectivity index (χ2n) is 33.9. The zero-order valence-corrected chi connectivity index (χ0v) is 77.6. The second-order valence-corrected chi connectivity index (χ2v) is 37.5. The fourth-order valence-electron chi connectivity index (χ4n) is 19.9. The Hall–Kier alpha value is -17.3. The van der Waals surface area contributed by atoms with Crippen LogP contribution >= 0.6 is 45.3 Å². The molecule has 0 saturated carbocycles. The molecule has 0 aliphatic carbocycles. The highest BCUT2D eigenvalue weighted by Gasteiger charge is 2.25. The highest BCUT2D eigenvalue weighted by atomic mass is 32.1. The molecule has 0 atom stereocenters. The van der Waals surface area contributed by atoms with Gasteiger partial charge in [-0.3, -0.25) is 19.9 Å². The van der Waals surface area contributed by atoms with Gasteiger partial charge >= 0.3 is 0 Å². The van der Waals surface area contributed by atoms with Crippen molar-refractivity contribution in [3.63, 3.8) is 0 Å². The molecule has 138 heavy (non-hydrogen) atoms. The molecule has 0 saturated heterocycles. The molecule has 0 spiro atoms. The van der Waals surface area contributed by atoms with E-state index < -0.39 is 0 Å². The molecule has 0 bridgehead atoms. The molecule has 0 amide bonds. The Kier molecular flexibility index (Phi) is 21.5. The van der Waals surface area contributed by atoms with Crippen molar-refractivity contribution in [3.05, 3.63) is 489 Å². The summed E-state index contributed by atoms with van der Waals surface area (Å²) in [4.78, 5) is 24.5. The van der Waals surface area contributed by atoms with E-state index in [1.54, 1.807) is 36.1 Å². The first kappa shape index (κ1) is 82.6. The van der Waals surface area contributed by atoms with Crippen LogP contribution in [0, 0.1) is 0 Å². The van der Waals surface area contributed by atoms with E-state index in [0.29, 0.717) is 0 Å². The van der Waals surface area contributed by atoms with E-state index in [1.807, 2.05) is 107 Å². The zero-order chi connectivity index (χ0) is 91.4. The predicted octanol–water partition coefficient (Wildman–Crippen LogP) is 34.2. The minimum atomic E-state index is 0.822. The molecule has 0 aliphatic rings. The van der Waals surface area contributed by atoms with E-state index in [1.165, 1.54) is 178 Å². The van der Waals surface area contributed by atoms with Gasteiger partial charge in [0.1, 0.15) is 0 Å². The monoisotopic (exact) mass is 1840 g/mol. The number of thiophene rings is 4. The van der Waals surface area contributed by atoms with Crippen molar-refractivity contribution in [1.29, 1.82) is 0 Å². The molecule has 29 rings (SSSR count). The Bertz CT molecular complexity index is 9410. The first-order valence-electron chi connectivity index (χ1n) is 45.9. The van der Waals surface area contributed by atoms with Crippen molar-refractivity contribution in [2.75, 3.05) is 4.90 Å². The van der Waals surface area contributed by atoms with Gasteiger partial charge in [-0.05, 0) is 249 Å². The number of para-hydroxylation sites is 8. The molecule has 29 aromatic rings. The molecule has 11 nitrogen and oxygen atoms in total. The van der Waals surface area contributed by atoms with Gasteiger partial charge in [0.25, 0.3) is 0 Å².